The molecule has 1 heterocycles. The van der Waals surface area contributed by atoms with Crippen molar-refractivity contribution in [3.8, 4) is 0 Å². The number of amides is 1. The molecule has 1 aromatic heterocycles. The van der Waals surface area contributed by atoms with Gasteiger partial charge in [-0.2, -0.15) is 13.2 Å². The molecule has 3 atom stereocenters. The number of aromatic nitrogens is 1. The van der Waals surface area contributed by atoms with Gasteiger partial charge in [-0.25, -0.2) is 4.79 Å². The summed E-state index contributed by atoms with van der Waals surface area (Å²) in [5.74, 6) is -2.92. The Morgan fingerprint density at radius 3 is 2.24 bits per heavy atom. The second-order valence-electron chi connectivity index (χ2n) is 7.30. The van der Waals surface area contributed by atoms with E-state index in [9.17, 15) is 28.1 Å². The fraction of sp³-hybridized carbons (Fsp3) is 0.381. The van der Waals surface area contributed by atoms with E-state index in [0.717, 1.165) is 11.3 Å². The first-order chi connectivity index (χ1) is 15.8. The number of halogens is 3. The highest BCUT2D eigenvalue weighted by Crippen LogP contribution is 2.17. The van der Waals surface area contributed by atoms with Crippen molar-refractivity contribution in [2.75, 3.05) is 6.54 Å². The minimum atomic E-state index is -5.08. The van der Waals surface area contributed by atoms with E-state index in [0.29, 0.717) is 13.0 Å². The average molecular weight is 485 g/mol. The van der Waals surface area contributed by atoms with Gasteiger partial charge in [-0.1, -0.05) is 18.2 Å². The number of carboxylic acids is 1. The van der Waals surface area contributed by atoms with Gasteiger partial charge in [0.05, 0.1) is 17.0 Å². The Morgan fingerprint density at radius 2 is 1.76 bits per heavy atom. The normalized spacial score (nSPS) is 13.6. The van der Waals surface area contributed by atoms with Crippen LogP contribution in [0.5, 0.6) is 0 Å². The van der Waals surface area contributed by atoms with Crippen molar-refractivity contribution in [1.29, 1.82) is 0 Å². The maximum atomic E-state index is 12.3. The second kappa shape index (κ2) is 13.2. The molecule has 0 aliphatic heterocycles. The van der Waals surface area contributed by atoms with Crippen LogP contribution in [-0.4, -0.2) is 51.7 Å². The van der Waals surface area contributed by atoms with Crippen LogP contribution in [0, 0.1) is 10.1 Å². The fourth-order valence-electron chi connectivity index (χ4n) is 2.59. The van der Waals surface area contributed by atoms with Crippen molar-refractivity contribution in [2.24, 2.45) is 5.73 Å². The molecule has 1 amide bonds. The molecule has 0 aliphatic carbocycles. The Balaban J connectivity index is 0.000000718. The van der Waals surface area contributed by atoms with E-state index in [-0.39, 0.29) is 23.7 Å². The lowest BCUT2D eigenvalue weighted by Gasteiger charge is -2.20. The number of nitrogens with two attached hydrogens (primary N) is 1. The Hall–Kier alpha value is -3.58. The van der Waals surface area contributed by atoms with Crippen LogP contribution in [0.1, 0.15) is 31.1 Å². The van der Waals surface area contributed by atoms with Gasteiger partial charge in [-0.15, -0.1) is 0 Å². The van der Waals surface area contributed by atoms with E-state index in [1.807, 2.05) is 25.1 Å². The summed E-state index contributed by atoms with van der Waals surface area (Å²) in [6.07, 6.45) is -2.73. The van der Waals surface area contributed by atoms with Crippen LogP contribution in [0.15, 0.2) is 48.7 Å². The smallest absolute Gasteiger partial charge is 0.475 e. The van der Waals surface area contributed by atoms with Gasteiger partial charge < -0.3 is 21.5 Å². The van der Waals surface area contributed by atoms with E-state index < -0.39 is 23.1 Å². The number of carboxylic acid groups (broad SMARTS) is 1. The molecule has 186 valence electrons. The molecule has 0 aliphatic rings. The number of alkyl halides is 3. The number of hydrogen-bond donors (Lipinski definition) is 4. The molecule has 5 N–H and O–H groups in total. The number of carbonyl (C=O) groups is 2. The van der Waals surface area contributed by atoms with Gasteiger partial charge in [0.15, 0.2) is 0 Å². The number of pyridine rings is 1. The van der Waals surface area contributed by atoms with Crippen LogP contribution >= 0.6 is 0 Å². The van der Waals surface area contributed by atoms with Gasteiger partial charge in [0.25, 0.3) is 5.69 Å². The first kappa shape index (κ1) is 28.5. The Labute approximate surface area is 193 Å². The number of nitrogens with one attached hydrogen (secondary N) is 2. The van der Waals surface area contributed by atoms with E-state index in [4.69, 9.17) is 15.6 Å². The molecule has 0 spiro atoms. The number of hydrogen-bond acceptors (Lipinski definition) is 7. The highest BCUT2D eigenvalue weighted by molar-refractivity contribution is 5.81. The fourth-order valence-corrected chi connectivity index (χ4v) is 2.59. The molecule has 0 saturated carbocycles. The highest BCUT2D eigenvalue weighted by atomic mass is 19.4. The molecule has 1 aromatic carbocycles. The quantitative estimate of drug-likeness (QED) is 0.311. The van der Waals surface area contributed by atoms with Gasteiger partial charge >= 0.3 is 12.1 Å². The van der Waals surface area contributed by atoms with Gasteiger partial charge in [0, 0.05) is 43.0 Å². The molecule has 2 aromatic rings. The summed E-state index contributed by atoms with van der Waals surface area (Å²) in [6.45, 7) is 4.08. The van der Waals surface area contributed by atoms with Crippen LogP contribution in [0.2, 0.25) is 0 Å². The Kier molecular flexibility index (Phi) is 11.1. The SMILES string of the molecule is C[C@H](NC[C@@H](N)Cc1ccccn1)C(=O)N[C@H](C)c1ccc([N+](=O)[O-])cc1.O=C(O)C(F)(F)F. The summed E-state index contributed by atoms with van der Waals surface area (Å²) >= 11 is 0. The van der Waals surface area contributed by atoms with Crippen molar-refractivity contribution < 1.29 is 32.8 Å². The lowest BCUT2D eigenvalue weighted by Crippen LogP contribution is -2.47. The lowest BCUT2D eigenvalue weighted by molar-refractivity contribution is -0.384. The van der Waals surface area contributed by atoms with Gasteiger partial charge in [0.1, 0.15) is 0 Å². The lowest BCUT2D eigenvalue weighted by atomic mass is 10.1. The zero-order valence-corrected chi connectivity index (χ0v) is 18.5. The third-order valence-corrected chi connectivity index (χ3v) is 4.48. The predicted octanol–water partition coefficient (Wildman–Crippen LogP) is 2.35. The van der Waals surface area contributed by atoms with Crippen LogP contribution in [-0.2, 0) is 16.0 Å². The van der Waals surface area contributed by atoms with Gasteiger partial charge in [0.2, 0.25) is 5.91 Å². The summed E-state index contributed by atoms with van der Waals surface area (Å²) < 4.78 is 31.7. The number of nitrogens with zero attached hydrogens (tertiary/aromatic N) is 2. The van der Waals surface area contributed by atoms with Crippen molar-refractivity contribution in [3.05, 3.63) is 70.0 Å². The summed E-state index contributed by atoms with van der Waals surface area (Å²) in [5.41, 5.74) is 7.83. The molecule has 0 bridgehead atoms. The summed E-state index contributed by atoms with van der Waals surface area (Å²) in [4.78, 5) is 35.7. The minimum Gasteiger partial charge on any atom is -0.475 e. The van der Waals surface area contributed by atoms with Crippen molar-refractivity contribution >= 4 is 17.6 Å². The van der Waals surface area contributed by atoms with E-state index in [1.165, 1.54) is 12.1 Å². The van der Waals surface area contributed by atoms with E-state index >= 15 is 0 Å². The monoisotopic (exact) mass is 485 g/mol. The largest absolute Gasteiger partial charge is 0.490 e. The number of rotatable bonds is 9. The van der Waals surface area contributed by atoms with Crippen LogP contribution in [0.25, 0.3) is 0 Å². The zero-order chi connectivity index (χ0) is 25.9. The summed E-state index contributed by atoms with van der Waals surface area (Å²) in [5, 5.41) is 23.9. The molecular formula is C21H26F3N5O5. The number of non-ortho nitro benzene ring substituents is 1. The molecule has 0 fully saturated rings. The first-order valence-corrected chi connectivity index (χ1v) is 10.0. The number of nitro groups is 1. The molecule has 0 unspecified atom stereocenters. The molecule has 10 nitrogen and oxygen atoms in total. The molecule has 0 saturated heterocycles. The Morgan fingerprint density at radius 1 is 1.18 bits per heavy atom. The third kappa shape index (κ3) is 10.4. The van der Waals surface area contributed by atoms with Crippen molar-refractivity contribution in [1.82, 2.24) is 15.6 Å². The number of nitro benzene ring substituents is 1. The number of aliphatic carboxylic acids is 1. The van der Waals surface area contributed by atoms with Crippen molar-refractivity contribution in [2.45, 2.75) is 44.6 Å². The molecule has 34 heavy (non-hydrogen) atoms. The molecule has 13 heteroatoms. The van der Waals surface area contributed by atoms with Crippen molar-refractivity contribution in [3.63, 3.8) is 0 Å². The van der Waals surface area contributed by atoms with E-state index in [1.54, 1.807) is 25.3 Å². The summed E-state index contributed by atoms with van der Waals surface area (Å²) in [7, 11) is 0. The van der Waals surface area contributed by atoms with E-state index in [2.05, 4.69) is 15.6 Å². The molecular weight excluding hydrogens is 459 g/mol. The van der Waals surface area contributed by atoms with Crippen LogP contribution in [0.4, 0.5) is 18.9 Å². The molecule has 2 rings (SSSR count). The predicted molar refractivity (Wildman–Crippen MR) is 117 cm³/mol. The third-order valence-electron chi connectivity index (χ3n) is 4.48. The maximum Gasteiger partial charge on any atom is 0.490 e. The second-order valence-corrected chi connectivity index (χ2v) is 7.30. The summed E-state index contributed by atoms with van der Waals surface area (Å²) in [6, 6.07) is 11.0. The maximum absolute atomic E-state index is 12.3. The van der Waals surface area contributed by atoms with Gasteiger partial charge in [-0.05, 0) is 31.5 Å². The van der Waals surface area contributed by atoms with Crippen LogP contribution < -0.4 is 16.4 Å². The topological polar surface area (TPSA) is 160 Å². The molecule has 0 radical (unpaired) electrons. The Bertz CT molecular complexity index is 942. The average Bonchev–Trinajstić information content (AvgIpc) is 2.77. The first-order valence-electron chi connectivity index (χ1n) is 10.0. The number of carbonyl (C=O) groups excluding carboxylic acids is 1. The zero-order valence-electron chi connectivity index (χ0n) is 18.5. The minimum absolute atomic E-state index is 0.0224. The standard InChI is InChI=1S/C19H25N5O3.C2HF3O2/c1-13(15-6-8-18(9-7-15)24(26)27)23-19(25)14(2)22-12-16(20)11-17-5-3-4-10-21-17;3-2(4,5)1(6)7/h3-10,13-14,16,22H,11-12,20H2,1-2H3,(H,23,25);(H,6,7)/t13-,14+,16+;/m1./s1. The number of benzene rings is 1. The van der Waals surface area contributed by atoms with Crippen LogP contribution in [0.3, 0.4) is 0 Å². The highest BCUT2D eigenvalue weighted by Gasteiger charge is 2.38. The van der Waals surface area contributed by atoms with Gasteiger partial charge in [-0.3, -0.25) is 19.9 Å².